The van der Waals surface area contributed by atoms with E-state index >= 15 is 0 Å². The third-order valence-electron chi connectivity index (χ3n) is 3.41. The highest BCUT2D eigenvalue weighted by Crippen LogP contribution is 2.17. The fraction of sp³-hybridized carbons (Fsp3) is 0.500. The second-order valence-electron chi connectivity index (χ2n) is 4.75. The van der Waals surface area contributed by atoms with E-state index in [1.165, 1.54) is 19.2 Å². The van der Waals surface area contributed by atoms with Gasteiger partial charge in [0, 0.05) is 12.1 Å². The van der Waals surface area contributed by atoms with E-state index in [-0.39, 0.29) is 11.7 Å². The first kappa shape index (κ1) is 13.8. The molecule has 104 valence electrons. The lowest BCUT2D eigenvalue weighted by Gasteiger charge is -2.10. The summed E-state index contributed by atoms with van der Waals surface area (Å²) in [5.74, 6) is 0.0177. The molecule has 1 saturated heterocycles. The van der Waals surface area contributed by atoms with E-state index in [2.05, 4.69) is 10.6 Å². The smallest absolute Gasteiger partial charge is 0.251 e. The molecule has 0 spiro atoms. The number of ether oxygens (including phenoxy) is 1. The van der Waals surface area contributed by atoms with Crippen LogP contribution in [-0.2, 0) is 0 Å². The number of benzene rings is 1. The molecule has 1 aliphatic rings. The van der Waals surface area contributed by atoms with Crippen LogP contribution in [0.3, 0.4) is 0 Å². The topological polar surface area (TPSA) is 50.4 Å². The van der Waals surface area contributed by atoms with E-state index in [0.29, 0.717) is 18.0 Å². The van der Waals surface area contributed by atoms with Gasteiger partial charge in [-0.15, -0.1) is 0 Å². The summed E-state index contributed by atoms with van der Waals surface area (Å²) < 4.78 is 18.3. The Bertz CT molecular complexity index is 445. The third kappa shape index (κ3) is 3.67. The quantitative estimate of drug-likeness (QED) is 0.850. The maximum Gasteiger partial charge on any atom is 0.251 e. The van der Waals surface area contributed by atoms with Crippen LogP contribution in [0.5, 0.6) is 5.75 Å². The van der Waals surface area contributed by atoms with Gasteiger partial charge in [-0.2, -0.15) is 0 Å². The number of amides is 1. The summed E-state index contributed by atoms with van der Waals surface area (Å²) in [5.41, 5.74) is 0.322. The van der Waals surface area contributed by atoms with Crippen LogP contribution in [0.1, 0.15) is 23.2 Å². The Hall–Kier alpha value is -1.62. The van der Waals surface area contributed by atoms with E-state index in [1.807, 2.05) is 0 Å². The number of carbonyl (C=O) groups excluding carboxylic acids is 1. The van der Waals surface area contributed by atoms with Gasteiger partial charge in [-0.3, -0.25) is 4.79 Å². The lowest BCUT2D eigenvalue weighted by Crippen LogP contribution is -2.26. The Labute approximate surface area is 112 Å². The molecule has 0 saturated carbocycles. The Kier molecular flexibility index (Phi) is 4.74. The maximum atomic E-state index is 13.5. The predicted molar refractivity (Wildman–Crippen MR) is 70.9 cm³/mol. The van der Waals surface area contributed by atoms with Gasteiger partial charge in [-0.25, -0.2) is 4.39 Å². The Morgan fingerprint density at radius 2 is 2.42 bits per heavy atom. The number of halogens is 1. The van der Waals surface area contributed by atoms with Crippen LogP contribution in [0, 0.1) is 11.7 Å². The van der Waals surface area contributed by atoms with E-state index in [4.69, 9.17) is 4.74 Å². The van der Waals surface area contributed by atoms with Crippen LogP contribution in [-0.4, -0.2) is 32.7 Å². The summed E-state index contributed by atoms with van der Waals surface area (Å²) in [6, 6.07) is 4.23. The molecule has 1 unspecified atom stereocenters. The molecule has 2 rings (SSSR count). The van der Waals surface area contributed by atoms with Crippen molar-refractivity contribution in [2.24, 2.45) is 5.92 Å². The molecule has 1 aliphatic heterocycles. The number of rotatable bonds is 5. The molecule has 4 nitrogen and oxygen atoms in total. The van der Waals surface area contributed by atoms with Crippen molar-refractivity contribution in [3.05, 3.63) is 29.6 Å². The van der Waals surface area contributed by atoms with Gasteiger partial charge < -0.3 is 15.4 Å². The number of hydrogen-bond acceptors (Lipinski definition) is 3. The molecular weight excluding hydrogens is 247 g/mol. The first-order valence-electron chi connectivity index (χ1n) is 6.53. The molecule has 0 aromatic heterocycles. The normalized spacial score (nSPS) is 18.3. The van der Waals surface area contributed by atoms with Crippen molar-refractivity contribution >= 4 is 5.91 Å². The Balaban J connectivity index is 1.83. The highest BCUT2D eigenvalue weighted by Gasteiger charge is 2.15. The number of nitrogens with one attached hydrogen (secondary N) is 2. The number of methoxy groups -OCH3 is 1. The minimum atomic E-state index is -0.518. The molecular formula is C14H19FN2O2. The molecule has 1 aromatic rings. The third-order valence-corrected chi connectivity index (χ3v) is 3.41. The Morgan fingerprint density at radius 3 is 3.05 bits per heavy atom. The molecule has 2 N–H and O–H groups in total. The molecule has 0 bridgehead atoms. The summed E-state index contributed by atoms with van der Waals surface area (Å²) in [6.45, 7) is 2.70. The van der Waals surface area contributed by atoms with Gasteiger partial charge in [-0.1, -0.05) is 0 Å². The zero-order valence-electron chi connectivity index (χ0n) is 11.0. The van der Waals surface area contributed by atoms with Gasteiger partial charge >= 0.3 is 0 Å². The lowest BCUT2D eigenvalue weighted by molar-refractivity contribution is 0.0951. The summed E-state index contributed by atoms with van der Waals surface area (Å²) >= 11 is 0. The van der Waals surface area contributed by atoms with Crippen LogP contribution in [0.15, 0.2) is 18.2 Å². The van der Waals surface area contributed by atoms with Gasteiger partial charge in [0.25, 0.3) is 5.91 Å². The van der Waals surface area contributed by atoms with Gasteiger partial charge in [0.05, 0.1) is 7.11 Å². The van der Waals surface area contributed by atoms with Crippen LogP contribution in [0.2, 0.25) is 0 Å². The molecule has 1 amide bonds. The van der Waals surface area contributed by atoms with Crippen LogP contribution >= 0.6 is 0 Å². The van der Waals surface area contributed by atoms with Crippen molar-refractivity contribution in [1.29, 1.82) is 0 Å². The van der Waals surface area contributed by atoms with Gasteiger partial charge in [-0.05, 0) is 50.0 Å². The minimum Gasteiger partial charge on any atom is -0.494 e. The minimum absolute atomic E-state index is 0.147. The summed E-state index contributed by atoms with van der Waals surface area (Å²) in [5, 5.41) is 6.10. The molecule has 19 heavy (non-hydrogen) atoms. The van der Waals surface area contributed by atoms with Gasteiger partial charge in [0.2, 0.25) is 0 Å². The van der Waals surface area contributed by atoms with Gasteiger partial charge in [0.15, 0.2) is 11.6 Å². The van der Waals surface area contributed by atoms with Gasteiger partial charge in [0.1, 0.15) is 0 Å². The van der Waals surface area contributed by atoms with Crippen molar-refractivity contribution in [2.45, 2.75) is 12.8 Å². The number of carbonyl (C=O) groups is 1. The summed E-state index contributed by atoms with van der Waals surface area (Å²) in [6.07, 6.45) is 2.12. The monoisotopic (exact) mass is 266 g/mol. The summed E-state index contributed by atoms with van der Waals surface area (Å²) in [4.78, 5) is 11.8. The van der Waals surface area contributed by atoms with E-state index < -0.39 is 5.82 Å². The van der Waals surface area contributed by atoms with Crippen LogP contribution in [0.4, 0.5) is 4.39 Å². The fourth-order valence-electron chi connectivity index (χ4n) is 2.26. The molecule has 1 aromatic carbocycles. The number of hydrogen-bond donors (Lipinski definition) is 2. The maximum absolute atomic E-state index is 13.5. The standard InChI is InChI=1S/C14H19FN2O2/c1-19-13-3-2-11(8-12(13)15)14(18)17-7-5-10-4-6-16-9-10/h2-3,8,10,16H,4-7,9H2,1H3,(H,17,18). The Morgan fingerprint density at radius 1 is 1.58 bits per heavy atom. The highest BCUT2D eigenvalue weighted by molar-refractivity contribution is 5.94. The molecule has 5 heteroatoms. The van der Waals surface area contributed by atoms with E-state index in [1.54, 1.807) is 6.07 Å². The van der Waals surface area contributed by atoms with E-state index in [9.17, 15) is 9.18 Å². The zero-order valence-corrected chi connectivity index (χ0v) is 11.0. The highest BCUT2D eigenvalue weighted by atomic mass is 19.1. The average Bonchev–Trinajstić information content (AvgIpc) is 2.91. The largest absolute Gasteiger partial charge is 0.494 e. The molecule has 0 aliphatic carbocycles. The second kappa shape index (κ2) is 6.52. The first-order chi connectivity index (χ1) is 9.20. The fourth-order valence-corrected chi connectivity index (χ4v) is 2.26. The molecule has 1 fully saturated rings. The second-order valence-corrected chi connectivity index (χ2v) is 4.75. The SMILES string of the molecule is COc1ccc(C(=O)NCCC2CCNC2)cc1F. The van der Waals surface area contributed by atoms with Crippen LogP contribution in [0.25, 0.3) is 0 Å². The van der Waals surface area contributed by atoms with Crippen molar-refractivity contribution in [3.8, 4) is 5.75 Å². The van der Waals surface area contributed by atoms with Crippen molar-refractivity contribution in [3.63, 3.8) is 0 Å². The van der Waals surface area contributed by atoms with Crippen LogP contribution < -0.4 is 15.4 Å². The average molecular weight is 266 g/mol. The van der Waals surface area contributed by atoms with Crippen molar-refractivity contribution < 1.29 is 13.9 Å². The predicted octanol–water partition coefficient (Wildman–Crippen LogP) is 1.56. The van der Waals surface area contributed by atoms with E-state index in [0.717, 1.165) is 25.9 Å². The molecule has 1 atom stereocenters. The molecule has 0 radical (unpaired) electrons. The van der Waals surface area contributed by atoms with Crippen molar-refractivity contribution in [1.82, 2.24) is 10.6 Å². The van der Waals surface area contributed by atoms with Crippen molar-refractivity contribution in [2.75, 3.05) is 26.7 Å². The lowest BCUT2D eigenvalue weighted by atomic mass is 10.1. The molecule has 1 heterocycles. The summed E-state index contributed by atoms with van der Waals surface area (Å²) in [7, 11) is 1.40. The first-order valence-corrected chi connectivity index (χ1v) is 6.53. The zero-order chi connectivity index (χ0) is 13.7.